The molecule has 2 aromatic rings. The van der Waals surface area contributed by atoms with Crippen molar-refractivity contribution < 1.29 is 14.3 Å². The van der Waals surface area contributed by atoms with Gasteiger partial charge in [-0.1, -0.05) is 39.7 Å². The van der Waals surface area contributed by atoms with Gasteiger partial charge in [0.1, 0.15) is 11.3 Å². The van der Waals surface area contributed by atoms with E-state index in [4.69, 9.17) is 16.3 Å². The number of carbonyl (C=O) groups is 2. The second kappa shape index (κ2) is 6.69. The third-order valence-electron chi connectivity index (χ3n) is 4.00. The molecule has 1 aliphatic heterocycles. The molecule has 0 saturated carbocycles. The topological polar surface area (TPSA) is 58.6 Å². The summed E-state index contributed by atoms with van der Waals surface area (Å²) in [6, 6.07) is 12.3. The standard InChI is InChI=1S/C18H16BrClN2O3/c1-18(2)17(24)21-13-5-3-4-6-14(13)22(18)16(23)10-25-15-8-7-11(19)9-12(15)20/h3-9H,10H2,1-2H3,(H,21,24). The maximum atomic E-state index is 12.8. The van der Waals surface area contributed by atoms with E-state index < -0.39 is 5.54 Å². The fourth-order valence-corrected chi connectivity index (χ4v) is 3.42. The summed E-state index contributed by atoms with van der Waals surface area (Å²) in [5.74, 6) is -0.168. The number of rotatable bonds is 3. The van der Waals surface area contributed by atoms with Crippen LogP contribution < -0.4 is 15.0 Å². The van der Waals surface area contributed by atoms with Crippen LogP contribution in [0.25, 0.3) is 0 Å². The molecule has 0 bridgehead atoms. The first-order valence-corrected chi connectivity index (χ1v) is 8.79. The lowest BCUT2D eigenvalue weighted by atomic mass is 9.96. The maximum absolute atomic E-state index is 12.8. The average Bonchev–Trinajstić information content (AvgIpc) is 2.54. The molecule has 0 spiro atoms. The van der Waals surface area contributed by atoms with Crippen molar-refractivity contribution in [1.29, 1.82) is 0 Å². The van der Waals surface area contributed by atoms with Crippen LogP contribution in [0.15, 0.2) is 46.9 Å². The largest absolute Gasteiger partial charge is 0.482 e. The Morgan fingerprint density at radius 1 is 1.28 bits per heavy atom. The van der Waals surface area contributed by atoms with Crippen LogP contribution in [-0.4, -0.2) is 24.0 Å². The van der Waals surface area contributed by atoms with E-state index >= 15 is 0 Å². The average molecular weight is 424 g/mol. The van der Waals surface area contributed by atoms with E-state index in [2.05, 4.69) is 21.2 Å². The first-order chi connectivity index (χ1) is 11.8. The highest BCUT2D eigenvalue weighted by Crippen LogP contribution is 2.37. The lowest BCUT2D eigenvalue weighted by Crippen LogP contribution is -2.59. The van der Waals surface area contributed by atoms with Gasteiger partial charge in [-0.25, -0.2) is 0 Å². The molecule has 1 heterocycles. The summed E-state index contributed by atoms with van der Waals surface area (Å²) in [5.41, 5.74) is 0.211. The molecule has 0 aromatic heterocycles. The Balaban J connectivity index is 1.86. The molecule has 2 aromatic carbocycles. The molecule has 2 amide bonds. The van der Waals surface area contributed by atoms with Gasteiger partial charge >= 0.3 is 0 Å². The number of nitrogens with zero attached hydrogens (tertiary/aromatic N) is 1. The number of ether oxygens (including phenoxy) is 1. The molecule has 25 heavy (non-hydrogen) atoms. The van der Waals surface area contributed by atoms with Gasteiger partial charge in [-0.3, -0.25) is 14.5 Å². The summed E-state index contributed by atoms with van der Waals surface area (Å²) in [6.45, 7) is 3.16. The van der Waals surface area contributed by atoms with E-state index in [9.17, 15) is 9.59 Å². The molecule has 1 N–H and O–H groups in total. The third kappa shape index (κ3) is 3.37. The minimum absolute atomic E-state index is 0.230. The highest BCUT2D eigenvalue weighted by atomic mass is 79.9. The minimum atomic E-state index is -1.03. The number of amides is 2. The highest BCUT2D eigenvalue weighted by molar-refractivity contribution is 9.10. The van der Waals surface area contributed by atoms with E-state index in [-0.39, 0.29) is 18.4 Å². The van der Waals surface area contributed by atoms with Crippen molar-refractivity contribution in [3.05, 3.63) is 52.0 Å². The van der Waals surface area contributed by atoms with Crippen LogP contribution in [0, 0.1) is 0 Å². The van der Waals surface area contributed by atoms with E-state index in [0.717, 1.165) is 4.47 Å². The number of nitrogens with one attached hydrogen (secondary N) is 1. The van der Waals surface area contributed by atoms with E-state index in [1.807, 2.05) is 6.07 Å². The molecule has 1 aliphatic rings. The Kier molecular flexibility index (Phi) is 4.75. The Morgan fingerprint density at radius 3 is 2.72 bits per heavy atom. The molecule has 0 saturated heterocycles. The molecule has 0 atom stereocenters. The fraction of sp³-hybridized carbons (Fsp3) is 0.222. The smallest absolute Gasteiger partial charge is 0.265 e. The zero-order valence-corrected chi connectivity index (χ0v) is 16.0. The number of para-hydroxylation sites is 2. The van der Waals surface area contributed by atoms with Crippen LogP contribution in [0.5, 0.6) is 5.75 Å². The van der Waals surface area contributed by atoms with E-state index in [1.54, 1.807) is 50.2 Å². The number of halogens is 2. The first kappa shape index (κ1) is 17.8. The normalized spacial score (nSPS) is 15.4. The van der Waals surface area contributed by atoms with E-state index in [1.165, 1.54) is 4.90 Å². The highest BCUT2D eigenvalue weighted by Gasteiger charge is 2.43. The van der Waals surface area contributed by atoms with Crippen LogP contribution >= 0.6 is 27.5 Å². The van der Waals surface area contributed by atoms with Crippen LogP contribution in [0.1, 0.15) is 13.8 Å². The number of fused-ring (bicyclic) bond motifs is 1. The molecular weight excluding hydrogens is 408 g/mol. The summed E-state index contributed by atoms with van der Waals surface area (Å²) in [5, 5.41) is 3.23. The van der Waals surface area contributed by atoms with Crippen LogP contribution in [0.3, 0.4) is 0 Å². The number of benzene rings is 2. The van der Waals surface area contributed by atoms with Crippen molar-refractivity contribution in [3.63, 3.8) is 0 Å². The number of anilines is 2. The van der Waals surface area contributed by atoms with E-state index in [0.29, 0.717) is 22.1 Å². The van der Waals surface area contributed by atoms with Crippen molar-refractivity contribution >= 4 is 50.7 Å². The van der Waals surface area contributed by atoms with Crippen molar-refractivity contribution in [1.82, 2.24) is 0 Å². The van der Waals surface area contributed by atoms with Crippen LogP contribution in [0.2, 0.25) is 5.02 Å². The van der Waals surface area contributed by atoms with Gasteiger partial charge in [-0.2, -0.15) is 0 Å². The summed E-state index contributed by atoms with van der Waals surface area (Å²) in [7, 11) is 0. The summed E-state index contributed by atoms with van der Waals surface area (Å²) in [6.07, 6.45) is 0. The van der Waals surface area contributed by atoms with Gasteiger partial charge in [-0.05, 0) is 44.2 Å². The van der Waals surface area contributed by atoms with Gasteiger partial charge < -0.3 is 10.1 Å². The molecule has 0 fully saturated rings. The molecule has 3 rings (SSSR count). The number of hydrogen-bond acceptors (Lipinski definition) is 3. The zero-order chi connectivity index (χ0) is 18.2. The van der Waals surface area contributed by atoms with Gasteiger partial charge in [0.25, 0.3) is 5.91 Å². The monoisotopic (exact) mass is 422 g/mol. The van der Waals surface area contributed by atoms with Gasteiger partial charge in [0.15, 0.2) is 6.61 Å². The molecule has 5 nitrogen and oxygen atoms in total. The van der Waals surface area contributed by atoms with Gasteiger partial charge in [0, 0.05) is 4.47 Å². The lowest BCUT2D eigenvalue weighted by molar-refractivity contribution is -0.127. The Hall–Kier alpha value is -2.05. The quantitative estimate of drug-likeness (QED) is 0.803. The van der Waals surface area contributed by atoms with Gasteiger partial charge in [0.05, 0.1) is 16.4 Å². The molecule has 0 aliphatic carbocycles. The van der Waals surface area contributed by atoms with Gasteiger partial charge in [0.2, 0.25) is 5.91 Å². The summed E-state index contributed by atoms with van der Waals surface area (Å²) < 4.78 is 6.39. The maximum Gasteiger partial charge on any atom is 0.265 e. The van der Waals surface area contributed by atoms with Crippen molar-refractivity contribution in [2.75, 3.05) is 16.8 Å². The predicted molar refractivity (Wildman–Crippen MR) is 101 cm³/mol. The summed E-state index contributed by atoms with van der Waals surface area (Å²) >= 11 is 9.43. The van der Waals surface area contributed by atoms with Crippen LogP contribution in [-0.2, 0) is 9.59 Å². The van der Waals surface area contributed by atoms with Crippen molar-refractivity contribution in [2.24, 2.45) is 0 Å². The fourth-order valence-electron chi connectivity index (χ4n) is 2.69. The Bertz CT molecular complexity index is 854. The lowest BCUT2D eigenvalue weighted by Gasteiger charge is -2.41. The number of hydrogen-bond donors (Lipinski definition) is 1. The minimum Gasteiger partial charge on any atom is -0.482 e. The first-order valence-electron chi connectivity index (χ1n) is 7.62. The van der Waals surface area contributed by atoms with Gasteiger partial charge in [-0.15, -0.1) is 0 Å². The second-order valence-corrected chi connectivity index (χ2v) is 7.45. The van der Waals surface area contributed by atoms with Crippen molar-refractivity contribution in [2.45, 2.75) is 19.4 Å². The van der Waals surface area contributed by atoms with Crippen molar-refractivity contribution in [3.8, 4) is 5.75 Å². The zero-order valence-electron chi connectivity index (χ0n) is 13.7. The summed E-state index contributed by atoms with van der Waals surface area (Å²) in [4.78, 5) is 26.7. The second-order valence-electron chi connectivity index (χ2n) is 6.12. The molecule has 7 heteroatoms. The Morgan fingerprint density at radius 2 is 2.00 bits per heavy atom. The molecular formula is C18H16BrClN2O3. The predicted octanol–water partition coefficient (Wildman–Crippen LogP) is 4.25. The number of carbonyl (C=O) groups excluding carboxylic acids is 2. The van der Waals surface area contributed by atoms with Crippen LogP contribution in [0.4, 0.5) is 11.4 Å². The SMILES string of the molecule is CC1(C)C(=O)Nc2ccccc2N1C(=O)COc1ccc(Br)cc1Cl. The Labute approximate surface area is 159 Å². The molecule has 0 unspecified atom stereocenters. The molecule has 0 radical (unpaired) electrons. The molecule has 130 valence electrons. The third-order valence-corrected chi connectivity index (χ3v) is 4.79.